The molecule has 6 heteroatoms. The number of benzene rings is 1. The molecule has 0 atom stereocenters. The van der Waals surface area contributed by atoms with Crippen molar-refractivity contribution in [2.24, 2.45) is 0 Å². The van der Waals surface area contributed by atoms with Crippen molar-refractivity contribution in [2.75, 3.05) is 10.6 Å². The van der Waals surface area contributed by atoms with Crippen LogP contribution in [0.3, 0.4) is 0 Å². The molecule has 2 rings (SSSR count). The van der Waals surface area contributed by atoms with Gasteiger partial charge < -0.3 is 15.7 Å². The number of carboxylic acid groups (broad SMARTS) is 1. The first-order valence-corrected chi connectivity index (χ1v) is 6.43. The maximum Gasteiger partial charge on any atom is 0.303 e. The van der Waals surface area contributed by atoms with E-state index in [4.69, 9.17) is 5.11 Å². The quantitative estimate of drug-likeness (QED) is 0.759. The van der Waals surface area contributed by atoms with Crippen molar-refractivity contribution in [3.63, 3.8) is 0 Å². The molecule has 108 valence electrons. The third-order valence-electron chi connectivity index (χ3n) is 2.66. The molecule has 1 heterocycles. The maximum atomic E-state index is 11.5. The van der Waals surface area contributed by atoms with E-state index in [1.165, 1.54) is 6.20 Å². The van der Waals surface area contributed by atoms with Crippen LogP contribution in [0.15, 0.2) is 48.7 Å². The Labute approximate surface area is 121 Å². The molecule has 0 fully saturated rings. The first kappa shape index (κ1) is 14.5. The predicted molar refractivity (Wildman–Crippen MR) is 79.5 cm³/mol. The summed E-state index contributed by atoms with van der Waals surface area (Å²) in [7, 11) is 0. The van der Waals surface area contributed by atoms with Gasteiger partial charge >= 0.3 is 5.97 Å². The third-order valence-corrected chi connectivity index (χ3v) is 2.66. The SMILES string of the molecule is O=C(O)CCC(=O)Nc1ccc(Nc2ccccc2)nc1. The monoisotopic (exact) mass is 285 g/mol. The van der Waals surface area contributed by atoms with Crippen molar-refractivity contribution in [1.82, 2.24) is 4.98 Å². The zero-order valence-electron chi connectivity index (χ0n) is 11.2. The standard InChI is InChI=1S/C15H15N3O3/c19-14(8-9-15(20)21)18-12-6-7-13(16-10-12)17-11-4-2-1-3-5-11/h1-7,10H,8-9H2,(H,16,17)(H,18,19)(H,20,21). The molecule has 0 saturated carbocycles. The first-order valence-electron chi connectivity index (χ1n) is 6.43. The largest absolute Gasteiger partial charge is 0.481 e. The lowest BCUT2D eigenvalue weighted by molar-refractivity contribution is -0.138. The zero-order chi connectivity index (χ0) is 15.1. The van der Waals surface area contributed by atoms with Crippen LogP contribution in [0, 0.1) is 0 Å². The van der Waals surface area contributed by atoms with Crippen LogP contribution in [0.4, 0.5) is 17.2 Å². The number of para-hydroxylation sites is 1. The highest BCUT2D eigenvalue weighted by Gasteiger charge is 2.06. The molecule has 0 radical (unpaired) electrons. The van der Waals surface area contributed by atoms with Crippen LogP contribution >= 0.6 is 0 Å². The van der Waals surface area contributed by atoms with E-state index >= 15 is 0 Å². The highest BCUT2D eigenvalue weighted by atomic mass is 16.4. The van der Waals surface area contributed by atoms with Crippen molar-refractivity contribution < 1.29 is 14.7 Å². The summed E-state index contributed by atoms with van der Waals surface area (Å²) in [5.74, 6) is -0.682. The number of aromatic nitrogens is 1. The normalized spacial score (nSPS) is 9.90. The second kappa shape index (κ2) is 7.04. The summed E-state index contributed by atoms with van der Waals surface area (Å²) in [5, 5.41) is 14.2. The van der Waals surface area contributed by atoms with Crippen molar-refractivity contribution in [3.8, 4) is 0 Å². The number of pyridine rings is 1. The lowest BCUT2D eigenvalue weighted by atomic mass is 10.3. The number of hydrogen-bond acceptors (Lipinski definition) is 4. The van der Waals surface area contributed by atoms with Gasteiger partial charge in [-0.25, -0.2) is 4.98 Å². The van der Waals surface area contributed by atoms with E-state index in [1.54, 1.807) is 12.1 Å². The van der Waals surface area contributed by atoms with Gasteiger partial charge in [0.05, 0.1) is 18.3 Å². The molecule has 0 unspecified atom stereocenters. The number of anilines is 3. The minimum atomic E-state index is -0.995. The molecule has 1 amide bonds. The zero-order valence-corrected chi connectivity index (χ0v) is 11.2. The summed E-state index contributed by atoms with van der Waals surface area (Å²) >= 11 is 0. The first-order chi connectivity index (χ1) is 10.1. The van der Waals surface area contributed by atoms with Gasteiger partial charge in [-0.05, 0) is 24.3 Å². The van der Waals surface area contributed by atoms with Gasteiger partial charge in [0.2, 0.25) is 5.91 Å². The Hall–Kier alpha value is -2.89. The smallest absolute Gasteiger partial charge is 0.303 e. The van der Waals surface area contributed by atoms with E-state index in [9.17, 15) is 9.59 Å². The molecule has 0 aliphatic heterocycles. The fourth-order valence-electron chi connectivity index (χ4n) is 1.66. The fraction of sp³-hybridized carbons (Fsp3) is 0.133. The summed E-state index contributed by atoms with van der Waals surface area (Å²) < 4.78 is 0. The number of aliphatic carboxylic acids is 1. The average Bonchev–Trinajstić information content (AvgIpc) is 2.48. The Balaban J connectivity index is 1.90. The van der Waals surface area contributed by atoms with E-state index in [-0.39, 0.29) is 18.7 Å². The Bertz CT molecular complexity index is 612. The molecular formula is C15H15N3O3. The molecule has 0 saturated heterocycles. The van der Waals surface area contributed by atoms with Gasteiger partial charge in [-0.2, -0.15) is 0 Å². The maximum absolute atomic E-state index is 11.5. The number of carboxylic acids is 1. The number of nitrogens with zero attached hydrogens (tertiary/aromatic N) is 1. The van der Waals surface area contributed by atoms with Crippen LogP contribution in [0.1, 0.15) is 12.8 Å². The van der Waals surface area contributed by atoms with E-state index in [2.05, 4.69) is 15.6 Å². The lowest BCUT2D eigenvalue weighted by Crippen LogP contribution is -2.13. The van der Waals surface area contributed by atoms with Crippen LogP contribution in [0.25, 0.3) is 0 Å². The summed E-state index contributed by atoms with van der Waals surface area (Å²) in [6.07, 6.45) is 1.27. The Morgan fingerprint density at radius 1 is 1.00 bits per heavy atom. The molecule has 21 heavy (non-hydrogen) atoms. The average molecular weight is 285 g/mol. The third kappa shape index (κ3) is 4.94. The van der Waals surface area contributed by atoms with Gasteiger partial charge in [0.1, 0.15) is 5.82 Å². The van der Waals surface area contributed by atoms with E-state index in [0.29, 0.717) is 11.5 Å². The number of carbonyl (C=O) groups is 2. The minimum Gasteiger partial charge on any atom is -0.481 e. The highest BCUT2D eigenvalue weighted by Crippen LogP contribution is 2.15. The Morgan fingerprint density at radius 3 is 2.38 bits per heavy atom. The number of hydrogen-bond donors (Lipinski definition) is 3. The number of rotatable bonds is 6. The van der Waals surface area contributed by atoms with Crippen molar-refractivity contribution >= 4 is 29.1 Å². The molecule has 6 nitrogen and oxygen atoms in total. The van der Waals surface area contributed by atoms with Crippen molar-refractivity contribution in [2.45, 2.75) is 12.8 Å². The van der Waals surface area contributed by atoms with E-state index in [0.717, 1.165) is 5.69 Å². The summed E-state index contributed by atoms with van der Waals surface area (Å²) in [4.78, 5) is 26.0. The Morgan fingerprint density at radius 2 is 1.76 bits per heavy atom. The van der Waals surface area contributed by atoms with Crippen LogP contribution in [-0.4, -0.2) is 22.0 Å². The molecule has 1 aromatic carbocycles. The van der Waals surface area contributed by atoms with Crippen LogP contribution in [0.2, 0.25) is 0 Å². The molecule has 3 N–H and O–H groups in total. The topological polar surface area (TPSA) is 91.3 Å². The molecular weight excluding hydrogens is 270 g/mol. The number of amides is 1. The van der Waals surface area contributed by atoms with Gasteiger partial charge in [0.25, 0.3) is 0 Å². The van der Waals surface area contributed by atoms with E-state index in [1.807, 2.05) is 30.3 Å². The number of carbonyl (C=O) groups excluding carboxylic acids is 1. The fourth-order valence-corrected chi connectivity index (χ4v) is 1.66. The van der Waals surface area contributed by atoms with Gasteiger partial charge in [-0.15, -0.1) is 0 Å². The van der Waals surface area contributed by atoms with Gasteiger partial charge in [-0.1, -0.05) is 18.2 Å². The molecule has 2 aromatic rings. The van der Waals surface area contributed by atoms with Gasteiger partial charge in [0.15, 0.2) is 0 Å². The van der Waals surface area contributed by atoms with Crippen LogP contribution in [-0.2, 0) is 9.59 Å². The number of nitrogens with one attached hydrogen (secondary N) is 2. The predicted octanol–water partition coefficient (Wildman–Crippen LogP) is 2.63. The highest BCUT2D eigenvalue weighted by molar-refractivity contribution is 5.92. The molecule has 0 spiro atoms. The summed E-state index contributed by atoms with van der Waals surface area (Å²) in [5.41, 5.74) is 1.45. The van der Waals surface area contributed by atoms with Crippen LogP contribution < -0.4 is 10.6 Å². The summed E-state index contributed by atoms with van der Waals surface area (Å²) in [6.45, 7) is 0. The second-order valence-corrected chi connectivity index (χ2v) is 4.37. The van der Waals surface area contributed by atoms with Gasteiger partial charge in [0, 0.05) is 12.1 Å². The van der Waals surface area contributed by atoms with E-state index < -0.39 is 5.97 Å². The van der Waals surface area contributed by atoms with Gasteiger partial charge in [-0.3, -0.25) is 9.59 Å². The molecule has 0 aliphatic carbocycles. The minimum absolute atomic E-state index is 0.0562. The van der Waals surface area contributed by atoms with Crippen molar-refractivity contribution in [3.05, 3.63) is 48.7 Å². The second-order valence-electron chi connectivity index (χ2n) is 4.37. The summed E-state index contributed by atoms with van der Waals surface area (Å²) in [6, 6.07) is 13.0. The Kier molecular flexibility index (Phi) is 4.87. The molecule has 0 bridgehead atoms. The molecule has 0 aliphatic rings. The molecule has 1 aromatic heterocycles. The lowest BCUT2D eigenvalue weighted by Gasteiger charge is -2.07. The van der Waals surface area contributed by atoms with Crippen LogP contribution in [0.5, 0.6) is 0 Å². The van der Waals surface area contributed by atoms with Crippen molar-refractivity contribution in [1.29, 1.82) is 0 Å².